The molecule has 0 heterocycles. The fraction of sp³-hybridized carbons (Fsp3) is 0.700. The van der Waals surface area contributed by atoms with Crippen LogP contribution >= 0.6 is 0 Å². The molecular weight excluding hydrogens is 168 g/mol. The molecule has 2 atom stereocenters. The number of hydrogen-bond acceptors (Lipinski definition) is 2. The third-order valence-corrected chi connectivity index (χ3v) is 1.96. The number of carbonyl (C=O) groups is 1. The van der Waals surface area contributed by atoms with Crippen LogP contribution < -0.4 is 0 Å². The van der Waals surface area contributed by atoms with E-state index >= 15 is 0 Å². The van der Waals surface area contributed by atoms with Gasteiger partial charge in [0.15, 0.2) is 0 Å². The molecule has 0 aromatic rings. The summed E-state index contributed by atoms with van der Waals surface area (Å²) >= 11 is 0. The summed E-state index contributed by atoms with van der Waals surface area (Å²) in [6, 6.07) is 0. The minimum absolute atomic E-state index is 0.0949. The lowest BCUT2D eigenvalue weighted by molar-refractivity contribution is -0.133. The topological polar surface area (TPSA) is 57.5 Å². The second-order valence-corrected chi connectivity index (χ2v) is 3.70. The molecule has 0 saturated heterocycles. The SMILES string of the molecule is CC(C)=C(C(=O)O)C(C)CC(C)O. The maximum Gasteiger partial charge on any atom is 0.331 e. The van der Waals surface area contributed by atoms with Crippen LogP contribution in [0.1, 0.15) is 34.1 Å². The molecule has 0 bridgehead atoms. The minimum atomic E-state index is -0.881. The van der Waals surface area contributed by atoms with Gasteiger partial charge in [-0.1, -0.05) is 12.5 Å². The molecule has 0 radical (unpaired) electrons. The van der Waals surface area contributed by atoms with E-state index in [0.717, 1.165) is 5.57 Å². The van der Waals surface area contributed by atoms with E-state index in [1.54, 1.807) is 20.8 Å². The van der Waals surface area contributed by atoms with Crippen LogP contribution in [0.5, 0.6) is 0 Å². The van der Waals surface area contributed by atoms with Crippen molar-refractivity contribution in [3.63, 3.8) is 0 Å². The van der Waals surface area contributed by atoms with Gasteiger partial charge in [0.2, 0.25) is 0 Å². The van der Waals surface area contributed by atoms with Crippen LogP contribution in [0.3, 0.4) is 0 Å². The molecule has 0 rings (SSSR count). The van der Waals surface area contributed by atoms with Gasteiger partial charge in [-0.25, -0.2) is 4.79 Å². The maximum atomic E-state index is 10.8. The number of carboxylic acids is 1. The van der Waals surface area contributed by atoms with Crippen LogP contribution in [-0.2, 0) is 4.79 Å². The number of rotatable bonds is 4. The van der Waals surface area contributed by atoms with E-state index in [0.29, 0.717) is 12.0 Å². The molecular formula is C10H18O3. The zero-order valence-corrected chi connectivity index (χ0v) is 8.66. The smallest absolute Gasteiger partial charge is 0.331 e. The first-order valence-corrected chi connectivity index (χ1v) is 4.45. The predicted octanol–water partition coefficient (Wildman–Crippen LogP) is 1.81. The van der Waals surface area contributed by atoms with Crippen LogP contribution in [0.25, 0.3) is 0 Å². The van der Waals surface area contributed by atoms with Crippen molar-refractivity contribution >= 4 is 5.97 Å². The Bertz CT molecular complexity index is 212. The number of carboxylic acid groups (broad SMARTS) is 1. The summed E-state index contributed by atoms with van der Waals surface area (Å²) in [6.45, 7) is 7.05. The average molecular weight is 186 g/mol. The Hall–Kier alpha value is -0.830. The van der Waals surface area contributed by atoms with Crippen molar-refractivity contribution in [3.05, 3.63) is 11.1 Å². The number of aliphatic hydroxyl groups is 1. The fourth-order valence-electron chi connectivity index (χ4n) is 1.55. The van der Waals surface area contributed by atoms with Crippen molar-refractivity contribution in [2.75, 3.05) is 0 Å². The molecule has 0 aliphatic heterocycles. The van der Waals surface area contributed by atoms with Gasteiger partial charge in [-0.2, -0.15) is 0 Å². The second-order valence-electron chi connectivity index (χ2n) is 3.70. The highest BCUT2D eigenvalue weighted by atomic mass is 16.4. The van der Waals surface area contributed by atoms with Gasteiger partial charge in [0.25, 0.3) is 0 Å². The van der Waals surface area contributed by atoms with Crippen molar-refractivity contribution in [2.24, 2.45) is 5.92 Å². The molecule has 0 saturated carbocycles. The molecule has 76 valence electrons. The van der Waals surface area contributed by atoms with Gasteiger partial charge < -0.3 is 10.2 Å². The Morgan fingerprint density at radius 2 is 1.77 bits per heavy atom. The van der Waals surface area contributed by atoms with Crippen LogP contribution in [0.2, 0.25) is 0 Å². The van der Waals surface area contributed by atoms with E-state index in [1.807, 2.05) is 6.92 Å². The largest absolute Gasteiger partial charge is 0.478 e. The van der Waals surface area contributed by atoms with Crippen molar-refractivity contribution in [3.8, 4) is 0 Å². The zero-order valence-electron chi connectivity index (χ0n) is 8.66. The number of aliphatic hydroxyl groups excluding tert-OH is 1. The van der Waals surface area contributed by atoms with Gasteiger partial charge in [0.1, 0.15) is 0 Å². The Morgan fingerprint density at radius 3 is 2.00 bits per heavy atom. The third-order valence-electron chi connectivity index (χ3n) is 1.96. The lowest BCUT2D eigenvalue weighted by Gasteiger charge is -2.15. The van der Waals surface area contributed by atoms with Gasteiger partial charge in [0.05, 0.1) is 6.10 Å². The normalized spacial score (nSPS) is 14.8. The van der Waals surface area contributed by atoms with Gasteiger partial charge in [-0.05, 0) is 33.1 Å². The van der Waals surface area contributed by atoms with E-state index in [2.05, 4.69) is 0 Å². The summed E-state index contributed by atoms with van der Waals surface area (Å²) in [5.74, 6) is -0.976. The van der Waals surface area contributed by atoms with Gasteiger partial charge in [-0.3, -0.25) is 0 Å². The van der Waals surface area contributed by atoms with E-state index < -0.39 is 12.1 Å². The summed E-state index contributed by atoms with van der Waals surface area (Å²) in [5, 5.41) is 18.0. The summed E-state index contributed by atoms with van der Waals surface area (Å²) in [7, 11) is 0. The van der Waals surface area contributed by atoms with Crippen LogP contribution in [0, 0.1) is 5.92 Å². The molecule has 3 nitrogen and oxygen atoms in total. The molecule has 3 heteroatoms. The molecule has 0 aromatic carbocycles. The van der Waals surface area contributed by atoms with Crippen molar-refractivity contribution in [2.45, 2.75) is 40.2 Å². The van der Waals surface area contributed by atoms with Crippen LogP contribution in [0.4, 0.5) is 0 Å². The van der Waals surface area contributed by atoms with Crippen LogP contribution in [0.15, 0.2) is 11.1 Å². The lowest BCUT2D eigenvalue weighted by atomic mass is 9.92. The monoisotopic (exact) mass is 186 g/mol. The summed E-state index contributed by atoms with van der Waals surface area (Å²) in [6.07, 6.45) is 0.0380. The molecule has 0 spiro atoms. The number of allylic oxidation sites excluding steroid dienone is 1. The molecule has 0 aliphatic carbocycles. The second kappa shape index (κ2) is 5.02. The third kappa shape index (κ3) is 4.08. The van der Waals surface area contributed by atoms with E-state index in [4.69, 9.17) is 10.2 Å². The molecule has 2 unspecified atom stereocenters. The molecule has 0 aliphatic rings. The standard InChI is InChI=1S/C10H18O3/c1-6(2)9(10(12)13)7(3)5-8(4)11/h7-8,11H,5H2,1-4H3,(H,12,13). The van der Waals surface area contributed by atoms with Crippen molar-refractivity contribution in [1.29, 1.82) is 0 Å². The first-order chi connectivity index (χ1) is 5.86. The summed E-state index contributed by atoms with van der Waals surface area (Å²) in [5.41, 5.74) is 1.22. The van der Waals surface area contributed by atoms with Gasteiger partial charge >= 0.3 is 5.97 Å². The maximum absolute atomic E-state index is 10.8. The average Bonchev–Trinajstić information content (AvgIpc) is 1.81. The Morgan fingerprint density at radius 1 is 1.31 bits per heavy atom. The summed E-state index contributed by atoms with van der Waals surface area (Å²) in [4.78, 5) is 10.8. The van der Waals surface area contributed by atoms with Crippen molar-refractivity contribution in [1.82, 2.24) is 0 Å². The first kappa shape index (κ1) is 12.2. The van der Waals surface area contributed by atoms with E-state index in [-0.39, 0.29) is 5.92 Å². The highest BCUT2D eigenvalue weighted by molar-refractivity contribution is 5.87. The Balaban J connectivity index is 4.59. The number of hydrogen-bond donors (Lipinski definition) is 2. The minimum Gasteiger partial charge on any atom is -0.478 e. The van der Waals surface area contributed by atoms with E-state index in [1.165, 1.54) is 0 Å². The Labute approximate surface area is 79.1 Å². The zero-order chi connectivity index (χ0) is 10.6. The predicted molar refractivity (Wildman–Crippen MR) is 51.5 cm³/mol. The Kier molecular flexibility index (Phi) is 4.70. The fourth-order valence-corrected chi connectivity index (χ4v) is 1.55. The van der Waals surface area contributed by atoms with Gasteiger partial charge in [0, 0.05) is 5.57 Å². The van der Waals surface area contributed by atoms with Crippen molar-refractivity contribution < 1.29 is 15.0 Å². The van der Waals surface area contributed by atoms with E-state index in [9.17, 15) is 4.79 Å². The van der Waals surface area contributed by atoms with Crippen LogP contribution in [-0.4, -0.2) is 22.3 Å². The highest BCUT2D eigenvalue weighted by Gasteiger charge is 2.18. The first-order valence-electron chi connectivity index (χ1n) is 4.45. The molecule has 0 aromatic heterocycles. The highest BCUT2D eigenvalue weighted by Crippen LogP contribution is 2.20. The summed E-state index contributed by atoms with van der Waals surface area (Å²) < 4.78 is 0. The molecule has 0 amide bonds. The molecule has 0 fully saturated rings. The van der Waals surface area contributed by atoms with Gasteiger partial charge in [-0.15, -0.1) is 0 Å². The molecule has 2 N–H and O–H groups in total. The number of aliphatic carboxylic acids is 1. The molecule has 13 heavy (non-hydrogen) atoms. The quantitative estimate of drug-likeness (QED) is 0.658. The lowest BCUT2D eigenvalue weighted by Crippen LogP contribution is -2.16.